The van der Waals surface area contributed by atoms with Gasteiger partial charge < -0.3 is 14.8 Å². The summed E-state index contributed by atoms with van der Waals surface area (Å²) in [7, 11) is -1.80. The molecule has 0 radical (unpaired) electrons. The van der Waals surface area contributed by atoms with Crippen molar-refractivity contribution in [3.63, 3.8) is 0 Å². The van der Waals surface area contributed by atoms with Gasteiger partial charge in [-0.25, -0.2) is 4.39 Å². The Morgan fingerprint density at radius 2 is 1.67 bits per heavy atom. The lowest BCUT2D eigenvalue weighted by molar-refractivity contribution is 0.306. The number of halogens is 4. The minimum absolute atomic E-state index is 0.0196. The van der Waals surface area contributed by atoms with Crippen LogP contribution in [0.2, 0.25) is 15.1 Å². The van der Waals surface area contributed by atoms with E-state index >= 15 is 0 Å². The van der Waals surface area contributed by atoms with Crippen LogP contribution in [0.3, 0.4) is 0 Å². The molecule has 0 aromatic heterocycles. The molecule has 21 heavy (non-hydrogen) atoms. The van der Waals surface area contributed by atoms with Gasteiger partial charge in [-0.2, -0.15) is 0 Å². The zero-order valence-corrected chi connectivity index (χ0v) is 12.8. The molecule has 0 fully saturated rings. The van der Waals surface area contributed by atoms with Crippen LogP contribution in [0.15, 0.2) is 30.3 Å². The molecule has 0 heterocycles. The van der Waals surface area contributed by atoms with Gasteiger partial charge in [-0.05, 0) is 29.2 Å². The molecule has 0 spiro atoms. The summed E-state index contributed by atoms with van der Waals surface area (Å²) in [6.07, 6.45) is 0. The van der Waals surface area contributed by atoms with E-state index in [0.717, 1.165) is 6.07 Å². The van der Waals surface area contributed by atoms with Crippen molar-refractivity contribution in [2.24, 2.45) is 0 Å². The molecule has 0 saturated heterocycles. The van der Waals surface area contributed by atoms with Gasteiger partial charge in [0.05, 0.1) is 15.1 Å². The van der Waals surface area contributed by atoms with Crippen LogP contribution in [-0.2, 0) is 6.61 Å². The topological polar surface area (TPSA) is 49.7 Å². The zero-order valence-electron chi connectivity index (χ0n) is 10.5. The number of rotatable bonds is 4. The summed E-state index contributed by atoms with van der Waals surface area (Å²) in [4.78, 5) is 0. The monoisotopic (exact) mass is 348 g/mol. The molecule has 0 bridgehead atoms. The van der Waals surface area contributed by atoms with E-state index < -0.39 is 12.9 Å². The van der Waals surface area contributed by atoms with Crippen molar-refractivity contribution in [3.8, 4) is 5.75 Å². The van der Waals surface area contributed by atoms with Crippen LogP contribution in [-0.4, -0.2) is 17.2 Å². The van der Waals surface area contributed by atoms with Crippen molar-refractivity contribution in [2.75, 3.05) is 0 Å². The molecule has 0 unspecified atom stereocenters. The molecule has 0 aliphatic rings. The molecule has 0 amide bonds. The Kier molecular flexibility index (Phi) is 5.35. The number of hydrogen-bond donors (Lipinski definition) is 2. The molecule has 2 N–H and O–H groups in total. The molecule has 8 heteroatoms. The molecular formula is C13H9BCl3FO3. The van der Waals surface area contributed by atoms with Crippen LogP contribution in [0.4, 0.5) is 4.39 Å². The maximum absolute atomic E-state index is 13.1. The van der Waals surface area contributed by atoms with Gasteiger partial charge in [-0.3, -0.25) is 0 Å². The maximum atomic E-state index is 13.1. The third-order valence-corrected chi connectivity index (χ3v) is 3.76. The molecule has 2 aromatic rings. The Labute approximate surface area is 136 Å². The third-order valence-electron chi connectivity index (χ3n) is 2.74. The van der Waals surface area contributed by atoms with Crippen molar-refractivity contribution in [1.29, 1.82) is 0 Å². The predicted molar refractivity (Wildman–Crippen MR) is 82.0 cm³/mol. The molecule has 2 aromatic carbocycles. The first-order valence-corrected chi connectivity index (χ1v) is 6.93. The third kappa shape index (κ3) is 4.02. The van der Waals surface area contributed by atoms with Crippen LogP contribution >= 0.6 is 34.8 Å². The van der Waals surface area contributed by atoms with Crippen LogP contribution in [0.1, 0.15) is 5.56 Å². The summed E-state index contributed by atoms with van der Waals surface area (Å²) < 4.78 is 18.6. The normalized spacial score (nSPS) is 10.6. The minimum atomic E-state index is -1.80. The van der Waals surface area contributed by atoms with Crippen LogP contribution in [0.5, 0.6) is 5.75 Å². The van der Waals surface area contributed by atoms with Gasteiger partial charge >= 0.3 is 7.12 Å². The van der Waals surface area contributed by atoms with Gasteiger partial charge in [0, 0.05) is 6.07 Å². The van der Waals surface area contributed by atoms with Crippen LogP contribution in [0, 0.1) is 5.82 Å². The second-order valence-corrected chi connectivity index (χ2v) is 5.42. The highest BCUT2D eigenvalue weighted by molar-refractivity contribution is 6.59. The fourth-order valence-corrected chi connectivity index (χ4v) is 2.30. The molecule has 2 rings (SSSR count). The zero-order chi connectivity index (χ0) is 15.6. The Balaban J connectivity index is 2.23. The number of benzene rings is 2. The first-order chi connectivity index (χ1) is 9.88. The van der Waals surface area contributed by atoms with E-state index in [1.165, 1.54) is 24.3 Å². The van der Waals surface area contributed by atoms with Crippen molar-refractivity contribution in [2.45, 2.75) is 6.61 Å². The van der Waals surface area contributed by atoms with E-state index in [1.807, 2.05) is 0 Å². The molecule has 0 aliphatic carbocycles. The standard InChI is InChI=1S/C13H9BCl3FO3/c15-10-4-12(17)13(5-11(10)16)21-6-7-1-2-8(18)3-9(7)14(19)20/h1-5,19-20H,6H2. The van der Waals surface area contributed by atoms with Crippen LogP contribution < -0.4 is 10.2 Å². The van der Waals surface area contributed by atoms with Crippen LogP contribution in [0.25, 0.3) is 0 Å². The molecule has 3 nitrogen and oxygen atoms in total. The van der Waals surface area contributed by atoms with E-state index in [0.29, 0.717) is 10.6 Å². The van der Waals surface area contributed by atoms with Crippen molar-refractivity contribution < 1.29 is 19.2 Å². The van der Waals surface area contributed by atoms with Crippen molar-refractivity contribution in [3.05, 3.63) is 56.8 Å². The molecule has 110 valence electrons. The molecule has 0 atom stereocenters. The second-order valence-electron chi connectivity index (χ2n) is 4.20. The fourth-order valence-electron chi connectivity index (χ4n) is 1.71. The van der Waals surface area contributed by atoms with Gasteiger partial charge in [0.1, 0.15) is 18.2 Å². The highest BCUT2D eigenvalue weighted by Gasteiger charge is 2.17. The average molecular weight is 349 g/mol. The first-order valence-electron chi connectivity index (χ1n) is 5.80. The highest BCUT2D eigenvalue weighted by Crippen LogP contribution is 2.34. The van der Waals surface area contributed by atoms with E-state index in [4.69, 9.17) is 39.5 Å². The lowest BCUT2D eigenvalue weighted by Crippen LogP contribution is -2.34. The Morgan fingerprint density at radius 1 is 1.00 bits per heavy atom. The van der Waals surface area contributed by atoms with E-state index in [-0.39, 0.29) is 27.9 Å². The first kappa shape index (κ1) is 16.4. The average Bonchev–Trinajstić information content (AvgIpc) is 2.42. The maximum Gasteiger partial charge on any atom is 0.488 e. The highest BCUT2D eigenvalue weighted by atomic mass is 35.5. The Morgan fingerprint density at radius 3 is 2.33 bits per heavy atom. The smallest absolute Gasteiger partial charge is 0.487 e. The SMILES string of the molecule is OB(O)c1cc(F)ccc1COc1cc(Cl)c(Cl)cc1Cl. The molecular weight excluding hydrogens is 340 g/mol. The summed E-state index contributed by atoms with van der Waals surface area (Å²) in [6, 6.07) is 6.51. The summed E-state index contributed by atoms with van der Waals surface area (Å²) in [5.74, 6) is -0.289. The lowest BCUT2D eigenvalue weighted by atomic mass is 9.77. The minimum Gasteiger partial charge on any atom is -0.487 e. The Hall–Kier alpha value is -0.975. The van der Waals surface area contributed by atoms with E-state index in [9.17, 15) is 14.4 Å². The quantitative estimate of drug-likeness (QED) is 0.659. The summed E-state index contributed by atoms with van der Waals surface area (Å²) in [6.45, 7) is -0.0368. The number of ether oxygens (including phenoxy) is 1. The van der Waals surface area contributed by atoms with Gasteiger partial charge in [0.25, 0.3) is 0 Å². The Bertz CT molecular complexity index is 667. The van der Waals surface area contributed by atoms with Crippen molar-refractivity contribution in [1.82, 2.24) is 0 Å². The molecule has 0 aliphatic heterocycles. The second kappa shape index (κ2) is 6.86. The summed E-state index contributed by atoms with van der Waals surface area (Å²) in [5, 5.41) is 19.3. The summed E-state index contributed by atoms with van der Waals surface area (Å²) >= 11 is 17.6. The van der Waals surface area contributed by atoms with E-state index in [1.54, 1.807) is 0 Å². The predicted octanol–water partition coefficient (Wildman–Crippen LogP) is 3.04. The van der Waals surface area contributed by atoms with Gasteiger partial charge in [-0.15, -0.1) is 0 Å². The van der Waals surface area contributed by atoms with Gasteiger partial charge in [0.2, 0.25) is 0 Å². The fraction of sp³-hybridized carbons (Fsp3) is 0.0769. The van der Waals surface area contributed by atoms with E-state index in [2.05, 4.69) is 0 Å². The largest absolute Gasteiger partial charge is 0.488 e. The van der Waals surface area contributed by atoms with Crippen molar-refractivity contribution >= 4 is 47.4 Å². The molecule has 0 saturated carbocycles. The number of hydrogen-bond acceptors (Lipinski definition) is 3. The van der Waals surface area contributed by atoms with Gasteiger partial charge in [-0.1, -0.05) is 40.9 Å². The summed E-state index contributed by atoms with van der Waals surface area (Å²) in [5.41, 5.74) is 0.430. The van der Waals surface area contributed by atoms with Gasteiger partial charge in [0.15, 0.2) is 0 Å². The lowest BCUT2D eigenvalue weighted by Gasteiger charge is -2.12.